The highest BCUT2D eigenvalue weighted by molar-refractivity contribution is 6.36. The first-order chi connectivity index (χ1) is 8.74. The van der Waals surface area contributed by atoms with Gasteiger partial charge < -0.3 is 4.98 Å². The van der Waals surface area contributed by atoms with Crippen LogP contribution in [0.4, 0.5) is 0 Å². The minimum atomic E-state index is 0.604. The molecular formula is C14H10Cl2N2. The Bertz CT molecular complexity index is 651. The number of nitrogens with zero attached hydrogens (tertiary/aromatic N) is 1. The molecule has 0 aliphatic carbocycles. The maximum absolute atomic E-state index is 6.15. The van der Waals surface area contributed by atoms with Gasteiger partial charge in [0.25, 0.3) is 0 Å². The second-order valence-corrected chi connectivity index (χ2v) is 4.89. The summed E-state index contributed by atoms with van der Waals surface area (Å²) in [5.41, 5.74) is 2.88. The van der Waals surface area contributed by atoms with Crippen molar-refractivity contribution in [2.75, 3.05) is 0 Å². The van der Waals surface area contributed by atoms with Crippen LogP contribution in [-0.2, 0) is 6.42 Å². The van der Waals surface area contributed by atoms with Gasteiger partial charge in [-0.15, -0.1) is 0 Å². The van der Waals surface area contributed by atoms with E-state index in [9.17, 15) is 0 Å². The van der Waals surface area contributed by atoms with Crippen molar-refractivity contribution in [3.63, 3.8) is 0 Å². The highest BCUT2D eigenvalue weighted by Crippen LogP contribution is 2.26. The summed E-state index contributed by atoms with van der Waals surface area (Å²) in [6.45, 7) is 0. The second kappa shape index (κ2) is 4.63. The lowest BCUT2D eigenvalue weighted by Gasteiger charge is -2.04. The van der Waals surface area contributed by atoms with E-state index in [4.69, 9.17) is 23.2 Å². The van der Waals surface area contributed by atoms with Gasteiger partial charge in [-0.05, 0) is 29.8 Å². The lowest BCUT2D eigenvalue weighted by Crippen LogP contribution is -1.92. The molecule has 0 aliphatic heterocycles. The molecule has 1 aromatic heterocycles. The summed E-state index contributed by atoms with van der Waals surface area (Å²) < 4.78 is 0. The Labute approximate surface area is 115 Å². The van der Waals surface area contributed by atoms with Gasteiger partial charge in [-0.2, -0.15) is 0 Å². The van der Waals surface area contributed by atoms with Crippen molar-refractivity contribution >= 4 is 34.2 Å². The van der Waals surface area contributed by atoms with Crippen LogP contribution < -0.4 is 0 Å². The average Bonchev–Trinajstić information content (AvgIpc) is 2.76. The molecule has 0 spiro atoms. The van der Waals surface area contributed by atoms with Gasteiger partial charge in [0, 0.05) is 16.5 Å². The molecule has 1 heterocycles. The zero-order valence-corrected chi connectivity index (χ0v) is 11.0. The molecule has 0 aliphatic rings. The van der Waals surface area contributed by atoms with Crippen molar-refractivity contribution in [1.82, 2.24) is 9.97 Å². The van der Waals surface area contributed by atoms with Gasteiger partial charge >= 0.3 is 0 Å². The summed E-state index contributed by atoms with van der Waals surface area (Å²) in [5, 5.41) is 1.34. The van der Waals surface area contributed by atoms with Crippen LogP contribution in [0.1, 0.15) is 11.4 Å². The molecule has 0 amide bonds. The Kier molecular flexibility index (Phi) is 2.98. The smallest absolute Gasteiger partial charge is 0.111 e. The lowest BCUT2D eigenvalue weighted by molar-refractivity contribution is 1.04. The van der Waals surface area contributed by atoms with Crippen LogP contribution >= 0.6 is 23.2 Å². The predicted molar refractivity (Wildman–Crippen MR) is 75.4 cm³/mol. The summed E-state index contributed by atoms with van der Waals surface area (Å²) in [6.07, 6.45) is 0.604. The van der Waals surface area contributed by atoms with Gasteiger partial charge in [0.15, 0.2) is 0 Å². The first-order valence-electron chi connectivity index (χ1n) is 5.60. The minimum absolute atomic E-state index is 0.604. The molecule has 0 fully saturated rings. The van der Waals surface area contributed by atoms with Crippen molar-refractivity contribution in [2.45, 2.75) is 6.42 Å². The fourth-order valence-corrected chi connectivity index (χ4v) is 2.49. The number of aromatic nitrogens is 2. The number of aromatic amines is 1. The summed E-state index contributed by atoms with van der Waals surface area (Å²) in [7, 11) is 0. The number of fused-ring (bicyclic) bond motifs is 1. The fourth-order valence-electron chi connectivity index (χ4n) is 1.96. The van der Waals surface area contributed by atoms with Crippen LogP contribution in [0, 0.1) is 0 Å². The SMILES string of the molecule is Clc1cccc(Cl)c1Cc1nc2ccccc2[nH]1. The molecule has 3 aromatic rings. The molecule has 0 radical (unpaired) electrons. The number of imidazole rings is 1. The maximum atomic E-state index is 6.15. The van der Waals surface area contributed by atoms with E-state index in [1.54, 1.807) is 0 Å². The number of rotatable bonds is 2. The number of hydrogen-bond acceptors (Lipinski definition) is 1. The third kappa shape index (κ3) is 2.09. The quantitative estimate of drug-likeness (QED) is 0.736. The molecule has 1 N–H and O–H groups in total. The Balaban J connectivity index is 2.01. The first kappa shape index (κ1) is 11.6. The number of nitrogens with one attached hydrogen (secondary N) is 1. The van der Waals surface area contributed by atoms with Crippen molar-refractivity contribution < 1.29 is 0 Å². The summed E-state index contributed by atoms with van der Waals surface area (Å²) in [5.74, 6) is 0.867. The van der Waals surface area contributed by atoms with Gasteiger partial charge in [-0.25, -0.2) is 4.98 Å². The maximum Gasteiger partial charge on any atom is 0.111 e. The molecule has 2 aromatic carbocycles. The molecule has 4 heteroatoms. The van der Waals surface area contributed by atoms with Gasteiger partial charge in [0.2, 0.25) is 0 Å². The molecule has 0 saturated heterocycles. The van der Waals surface area contributed by atoms with E-state index in [-0.39, 0.29) is 0 Å². The van der Waals surface area contributed by atoms with Gasteiger partial charge in [-0.3, -0.25) is 0 Å². The van der Waals surface area contributed by atoms with E-state index in [1.165, 1.54) is 0 Å². The van der Waals surface area contributed by atoms with Gasteiger partial charge in [0.1, 0.15) is 5.82 Å². The standard InChI is InChI=1S/C14H10Cl2N2/c15-10-4-3-5-11(16)9(10)8-14-17-12-6-1-2-7-13(12)18-14/h1-7H,8H2,(H,17,18). The van der Waals surface area contributed by atoms with Crippen molar-refractivity contribution in [1.29, 1.82) is 0 Å². The molecule has 0 atom stereocenters. The van der Waals surface area contributed by atoms with Crippen LogP contribution in [0.2, 0.25) is 10.0 Å². The highest BCUT2D eigenvalue weighted by Gasteiger charge is 2.09. The monoisotopic (exact) mass is 276 g/mol. The average molecular weight is 277 g/mol. The van der Waals surface area contributed by atoms with Crippen LogP contribution in [0.3, 0.4) is 0 Å². The van der Waals surface area contributed by atoms with Crippen LogP contribution in [0.15, 0.2) is 42.5 Å². The zero-order chi connectivity index (χ0) is 12.5. The minimum Gasteiger partial charge on any atom is -0.342 e. The van der Waals surface area contributed by atoms with E-state index >= 15 is 0 Å². The molecule has 18 heavy (non-hydrogen) atoms. The van der Waals surface area contributed by atoms with Crippen molar-refractivity contribution in [3.8, 4) is 0 Å². The number of hydrogen-bond donors (Lipinski definition) is 1. The van der Waals surface area contributed by atoms with E-state index in [1.807, 2.05) is 42.5 Å². The molecule has 3 rings (SSSR count). The highest BCUT2D eigenvalue weighted by atomic mass is 35.5. The van der Waals surface area contributed by atoms with Crippen LogP contribution in [0.25, 0.3) is 11.0 Å². The van der Waals surface area contributed by atoms with Gasteiger partial charge in [-0.1, -0.05) is 41.4 Å². The molecule has 2 nitrogen and oxygen atoms in total. The third-order valence-electron chi connectivity index (χ3n) is 2.84. The summed E-state index contributed by atoms with van der Waals surface area (Å²) >= 11 is 12.3. The second-order valence-electron chi connectivity index (χ2n) is 4.08. The number of benzene rings is 2. The molecule has 90 valence electrons. The Morgan fingerprint density at radius 1 is 0.944 bits per heavy atom. The fraction of sp³-hybridized carbons (Fsp3) is 0.0714. The van der Waals surface area contributed by atoms with E-state index in [0.29, 0.717) is 16.5 Å². The molecule has 0 bridgehead atoms. The van der Waals surface area contributed by atoms with Gasteiger partial charge in [0.05, 0.1) is 11.0 Å². The third-order valence-corrected chi connectivity index (χ3v) is 3.55. The Morgan fingerprint density at radius 2 is 1.67 bits per heavy atom. The molecular weight excluding hydrogens is 267 g/mol. The number of halogens is 2. The Hall–Kier alpha value is -1.51. The van der Waals surface area contributed by atoms with Crippen molar-refractivity contribution in [3.05, 3.63) is 63.9 Å². The number of H-pyrrole nitrogens is 1. The van der Waals surface area contributed by atoms with Crippen LogP contribution in [-0.4, -0.2) is 9.97 Å². The topological polar surface area (TPSA) is 28.7 Å². The first-order valence-corrected chi connectivity index (χ1v) is 6.36. The van der Waals surface area contributed by atoms with E-state index < -0.39 is 0 Å². The summed E-state index contributed by atoms with van der Waals surface area (Å²) in [4.78, 5) is 7.79. The van der Waals surface area contributed by atoms with E-state index in [2.05, 4.69) is 9.97 Å². The van der Waals surface area contributed by atoms with E-state index in [0.717, 1.165) is 22.4 Å². The predicted octanol–water partition coefficient (Wildman–Crippen LogP) is 4.46. The number of para-hydroxylation sites is 2. The summed E-state index contributed by atoms with van der Waals surface area (Å²) in [6, 6.07) is 13.4. The zero-order valence-electron chi connectivity index (χ0n) is 9.45. The normalized spacial score (nSPS) is 11.0. The lowest BCUT2D eigenvalue weighted by atomic mass is 10.1. The molecule has 0 saturated carbocycles. The van der Waals surface area contributed by atoms with Crippen molar-refractivity contribution in [2.24, 2.45) is 0 Å². The Morgan fingerprint density at radius 3 is 2.39 bits per heavy atom. The van der Waals surface area contributed by atoms with Crippen LogP contribution in [0.5, 0.6) is 0 Å². The largest absolute Gasteiger partial charge is 0.342 e. The molecule has 0 unspecified atom stereocenters.